The molecule has 1 aromatic heterocycles. The number of amides is 1. The Hall–Kier alpha value is -2.38. The van der Waals surface area contributed by atoms with Gasteiger partial charge in [-0.25, -0.2) is 4.79 Å². The Balaban J connectivity index is 2.11. The topological polar surface area (TPSA) is 91.6 Å². The molecule has 132 valence electrons. The Bertz CT molecular complexity index is 804. The van der Waals surface area contributed by atoms with Crippen molar-refractivity contribution in [1.29, 1.82) is 0 Å². The lowest BCUT2D eigenvalue weighted by molar-refractivity contribution is -0.119. The Morgan fingerprint density at radius 3 is 2.68 bits per heavy atom. The number of unbranched alkanes of at least 4 members (excludes halogenated alkanes) is 1. The third-order valence-electron chi connectivity index (χ3n) is 3.32. The summed E-state index contributed by atoms with van der Waals surface area (Å²) in [5.74, 6) is -1.16. The van der Waals surface area contributed by atoms with Crippen LogP contribution >= 0.6 is 23.8 Å². The zero-order valence-corrected chi connectivity index (χ0v) is 15.0. The van der Waals surface area contributed by atoms with E-state index in [4.69, 9.17) is 33.3 Å². The van der Waals surface area contributed by atoms with Gasteiger partial charge in [0.15, 0.2) is 5.11 Å². The van der Waals surface area contributed by atoms with Crippen molar-refractivity contribution in [2.75, 3.05) is 5.32 Å². The van der Waals surface area contributed by atoms with Crippen molar-refractivity contribution in [3.63, 3.8) is 0 Å². The van der Waals surface area contributed by atoms with Gasteiger partial charge in [-0.1, -0.05) is 24.9 Å². The maximum absolute atomic E-state index is 11.7. The fourth-order valence-corrected chi connectivity index (χ4v) is 2.52. The first-order chi connectivity index (χ1) is 11.9. The molecule has 0 aliphatic carbocycles. The van der Waals surface area contributed by atoms with Crippen LogP contribution in [-0.4, -0.2) is 22.1 Å². The van der Waals surface area contributed by atoms with Crippen molar-refractivity contribution < 1.29 is 19.1 Å². The molecule has 25 heavy (non-hydrogen) atoms. The van der Waals surface area contributed by atoms with Crippen LogP contribution in [0.1, 0.15) is 36.7 Å². The van der Waals surface area contributed by atoms with Crippen molar-refractivity contribution in [3.05, 3.63) is 41.1 Å². The highest BCUT2D eigenvalue weighted by atomic mass is 35.5. The van der Waals surface area contributed by atoms with Crippen LogP contribution in [0.15, 0.2) is 34.7 Å². The molecule has 2 rings (SSSR count). The summed E-state index contributed by atoms with van der Waals surface area (Å²) in [6, 6.07) is 7.87. The van der Waals surface area contributed by atoms with E-state index in [1.807, 2.05) is 6.92 Å². The molecule has 1 aromatic carbocycles. The highest BCUT2D eigenvalue weighted by Crippen LogP contribution is 2.32. The maximum atomic E-state index is 11.7. The standard InChI is InChI=1S/C17H17ClN2O4S/c1-2-3-4-15(21)20-17(25)19-10-5-6-12(18)11(9-10)13-7-8-14(24-13)16(22)23/h5-9H,2-4H2,1H3,(H,22,23)(H2,19,20,21,25). The molecule has 0 saturated carbocycles. The summed E-state index contributed by atoms with van der Waals surface area (Å²) >= 11 is 11.3. The molecule has 0 unspecified atom stereocenters. The van der Waals surface area contributed by atoms with Crippen molar-refractivity contribution in [1.82, 2.24) is 5.32 Å². The molecule has 0 radical (unpaired) electrons. The smallest absolute Gasteiger partial charge is 0.371 e. The number of thiocarbonyl (C=S) groups is 1. The lowest BCUT2D eigenvalue weighted by Crippen LogP contribution is -2.33. The van der Waals surface area contributed by atoms with E-state index in [0.717, 1.165) is 12.8 Å². The van der Waals surface area contributed by atoms with Crippen molar-refractivity contribution in [2.45, 2.75) is 26.2 Å². The first-order valence-corrected chi connectivity index (χ1v) is 8.43. The van der Waals surface area contributed by atoms with Crippen molar-refractivity contribution in [2.24, 2.45) is 0 Å². The number of carboxylic acids is 1. The Kier molecular flexibility index (Phi) is 6.55. The van der Waals surface area contributed by atoms with Crippen molar-refractivity contribution >= 4 is 46.5 Å². The summed E-state index contributed by atoms with van der Waals surface area (Å²) in [5, 5.41) is 15.0. The van der Waals surface area contributed by atoms with Crippen LogP contribution in [0, 0.1) is 0 Å². The van der Waals surface area contributed by atoms with E-state index in [9.17, 15) is 9.59 Å². The van der Waals surface area contributed by atoms with Gasteiger partial charge < -0.3 is 20.2 Å². The number of hydrogen-bond donors (Lipinski definition) is 3. The molecule has 1 amide bonds. The second kappa shape index (κ2) is 8.64. The van der Waals surface area contributed by atoms with Gasteiger partial charge in [0, 0.05) is 17.7 Å². The van der Waals surface area contributed by atoms with E-state index in [-0.39, 0.29) is 16.8 Å². The molecule has 0 aliphatic heterocycles. The average Bonchev–Trinajstić information content (AvgIpc) is 3.04. The predicted octanol–water partition coefficient (Wildman–Crippen LogP) is 4.30. The summed E-state index contributed by atoms with van der Waals surface area (Å²) < 4.78 is 5.27. The van der Waals surface area contributed by atoms with Gasteiger partial charge in [0.05, 0.1) is 5.02 Å². The summed E-state index contributed by atoms with van der Waals surface area (Å²) in [4.78, 5) is 22.6. The first-order valence-electron chi connectivity index (χ1n) is 7.64. The van der Waals surface area contributed by atoms with Crippen molar-refractivity contribution in [3.8, 4) is 11.3 Å². The summed E-state index contributed by atoms with van der Waals surface area (Å²) in [6.07, 6.45) is 2.13. The zero-order valence-electron chi connectivity index (χ0n) is 13.5. The Morgan fingerprint density at radius 2 is 2.04 bits per heavy atom. The molecule has 0 aliphatic rings. The van der Waals surface area contributed by atoms with Crippen LogP contribution in [0.4, 0.5) is 5.69 Å². The number of carbonyl (C=O) groups excluding carboxylic acids is 1. The van der Waals surface area contributed by atoms with Gasteiger partial charge in [-0.15, -0.1) is 0 Å². The second-order valence-corrected chi connectivity index (χ2v) is 6.08. The lowest BCUT2D eigenvalue weighted by Gasteiger charge is -2.11. The number of nitrogens with one attached hydrogen (secondary N) is 2. The number of carboxylic acid groups (broad SMARTS) is 1. The monoisotopic (exact) mass is 380 g/mol. The molecule has 0 atom stereocenters. The number of anilines is 1. The fraction of sp³-hybridized carbons (Fsp3) is 0.235. The SMILES string of the molecule is CCCCC(=O)NC(=S)Nc1ccc(Cl)c(-c2ccc(C(=O)O)o2)c1. The maximum Gasteiger partial charge on any atom is 0.371 e. The van der Waals surface area contributed by atoms with Gasteiger partial charge in [0.25, 0.3) is 0 Å². The molecular weight excluding hydrogens is 364 g/mol. The van der Waals surface area contributed by atoms with Gasteiger partial charge in [0.2, 0.25) is 11.7 Å². The van der Waals surface area contributed by atoms with E-state index in [2.05, 4.69) is 10.6 Å². The number of hydrogen-bond acceptors (Lipinski definition) is 4. The summed E-state index contributed by atoms with van der Waals surface area (Å²) in [5.41, 5.74) is 1.10. The number of aromatic carboxylic acids is 1. The van der Waals surface area contributed by atoms with Crippen LogP contribution < -0.4 is 10.6 Å². The molecule has 0 saturated heterocycles. The minimum atomic E-state index is -1.16. The number of furan rings is 1. The van der Waals surface area contributed by atoms with Gasteiger partial charge >= 0.3 is 5.97 Å². The average molecular weight is 381 g/mol. The molecule has 0 spiro atoms. The highest BCUT2D eigenvalue weighted by Gasteiger charge is 2.14. The van der Waals surface area contributed by atoms with Crippen LogP contribution in [0.3, 0.4) is 0 Å². The summed E-state index contributed by atoms with van der Waals surface area (Å²) in [6.45, 7) is 2.00. The minimum Gasteiger partial charge on any atom is -0.475 e. The molecule has 3 N–H and O–H groups in total. The van der Waals surface area contributed by atoms with E-state index in [1.165, 1.54) is 12.1 Å². The second-order valence-electron chi connectivity index (χ2n) is 5.27. The zero-order chi connectivity index (χ0) is 18.4. The summed E-state index contributed by atoms with van der Waals surface area (Å²) in [7, 11) is 0. The minimum absolute atomic E-state index is 0.148. The fourth-order valence-electron chi connectivity index (χ4n) is 2.08. The van der Waals surface area contributed by atoms with E-state index >= 15 is 0 Å². The molecule has 1 heterocycles. The third kappa shape index (κ3) is 5.30. The van der Waals surface area contributed by atoms with Gasteiger partial charge in [-0.05, 0) is 49.0 Å². The number of benzene rings is 1. The van der Waals surface area contributed by atoms with Crippen LogP contribution in [0.2, 0.25) is 5.02 Å². The predicted molar refractivity (Wildman–Crippen MR) is 100 cm³/mol. The molecule has 8 heteroatoms. The molecular formula is C17H17ClN2O4S. The highest BCUT2D eigenvalue weighted by molar-refractivity contribution is 7.80. The van der Waals surface area contributed by atoms with E-state index < -0.39 is 5.97 Å². The Morgan fingerprint density at radius 1 is 1.28 bits per heavy atom. The number of rotatable bonds is 6. The number of halogens is 1. The van der Waals surface area contributed by atoms with Gasteiger partial charge in [0.1, 0.15) is 5.76 Å². The van der Waals surface area contributed by atoms with Crippen LogP contribution in [0.5, 0.6) is 0 Å². The number of carbonyl (C=O) groups is 2. The van der Waals surface area contributed by atoms with Crippen LogP contribution in [-0.2, 0) is 4.79 Å². The van der Waals surface area contributed by atoms with E-state index in [0.29, 0.717) is 28.5 Å². The molecule has 2 aromatic rings. The quantitative estimate of drug-likeness (QED) is 0.647. The van der Waals surface area contributed by atoms with E-state index in [1.54, 1.807) is 18.2 Å². The van der Waals surface area contributed by atoms with Gasteiger partial charge in [-0.2, -0.15) is 0 Å². The molecule has 0 bridgehead atoms. The normalized spacial score (nSPS) is 10.3. The Labute approximate surface area is 155 Å². The molecule has 6 nitrogen and oxygen atoms in total. The largest absolute Gasteiger partial charge is 0.475 e. The first kappa shape index (κ1) is 19.0. The lowest BCUT2D eigenvalue weighted by atomic mass is 10.1. The third-order valence-corrected chi connectivity index (χ3v) is 3.85. The molecule has 0 fully saturated rings. The van der Waals surface area contributed by atoms with Crippen LogP contribution in [0.25, 0.3) is 11.3 Å². The van der Waals surface area contributed by atoms with Gasteiger partial charge in [-0.3, -0.25) is 4.79 Å².